The third-order valence-corrected chi connectivity index (χ3v) is 6.94. The molecule has 0 unspecified atom stereocenters. The second-order valence-electron chi connectivity index (χ2n) is 10.9. The smallest absolute Gasteiger partial charge is 0.307 e. The first-order chi connectivity index (χ1) is 22.4. The summed E-state index contributed by atoms with van der Waals surface area (Å²) in [6.45, 7) is 2.44. The molecule has 3 atom stereocenters. The predicted octanol–water partition coefficient (Wildman–Crippen LogP) is -0.356. The van der Waals surface area contributed by atoms with Crippen LogP contribution in [0.25, 0.3) is 0 Å². The van der Waals surface area contributed by atoms with E-state index in [1.165, 1.54) is 24.1 Å². The summed E-state index contributed by atoms with van der Waals surface area (Å²) in [5, 5.41) is 15.1. The Bertz CT molecular complexity index is 1360. The topological polar surface area (TPSA) is 254 Å². The number of phenols is 1. The number of benzene rings is 2. The maximum absolute atomic E-state index is 13.8. The van der Waals surface area contributed by atoms with Crippen LogP contribution in [-0.2, 0) is 36.8 Å². The number of aromatic hydroxyl groups is 1. The fourth-order valence-corrected chi connectivity index (χ4v) is 4.52. The minimum absolute atomic E-state index is 0.00900. The highest BCUT2D eigenvalue weighted by molar-refractivity contribution is 5.94. The standard InChI is InChI=1S/C32H47N9O6/c1-3-18-47-27(43)15-17-41(2)30(46)26(20-21-8-5-4-6-9-21)39-28(44)24(10-7-16-37-31(33)34)38-29(45)25(40-32(35)36)19-22-11-13-23(42)14-12-22/h4-6,8-9,11-14,24-26,42H,3,7,10,15-20H2,1-2H3,(H,38,45)(H,39,44)(H4,33,34,37)(H4,35,36,40)/t24-,25+,26+/m1/s1. The first kappa shape index (κ1) is 37.8. The van der Waals surface area contributed by atoms with Crippen LogP contribution >= 0.6 is 0 Å². The highest BCUT2D eigenvalue weighted by atomic mass is 16.5. The van der Waals surface area contributed by atoms with Crippen molar-refractivity contribution in [1.82, 2.24) is 15.5 Å². The number of hydrogen-bond donors (Lipinski definition) is 7. The van der Waals surface area contributed by atoms with Crippen LogP contribution in [0.15, 0.2) is 64.6 Å². The van der Waals surface area contributed by atoms with Gasteiger partial charge in [0.2, 0.25) is 17.7 Å². The number of ether oxygens (including phenoxy) is 1. The highest BCUT2D eigenvalue weighted by Crippen LogP contribution is 2.14. The van der Waals surface area contributed by atoms with Crippen LogP contribution in [0.4, 0.5) is 0 Å². The molecule has 0 aliphatic carbocycles. The fraction of sp³-hybridized carbons (Fsp3) is 0.438. The Morgan fingerprint density at radius 2 is 1.51 bits per heavy atom. The molecule has 11 N–H and O–H groups in total. The van der Waals surface area contributed by atoms with Gasteiger partial charge in [0.25, 0.3) is 0 Å². The summed E-state index contributed by atoms with van der Waals surface area (Å²) in [4.78, 5) is 62.3. The Kier molecular flexibility index (Phi) is 16.0. The predicted molar refractivity (Wildman–Crippen MR) is 179 cm³/mol. The number of carbonyl (C=O) groups excluding carboxylic acids is 4. The Labute approximate surface area is 274 Å². The molecule has 15 heteroatoms. The van der Waals surface area contributed by atoms with Gasteiger partial charge < -0.3 is 48.3 Å². The van der Waals surface area contributed by atoms with Gasteiger partial charge >= 0.3 is 5.97 Å². The number of rotatable bonds is 19. The number of nitrogens with one attached hydrogen (secondary N) is 2. The van der Waals surface area contributed by atoms with E-state index in [-0.39, 0.29) is 56.4 Å². The molecule has 0 radical (unpaired) electrons. The molecule has 0 saturated carbocycles. The normalized spacial score (nSPS) is 12.5. The first-order valence-corrected chi connectivity index (χ1v) is 15.4. The molecule has 2 aromatic carbocycles. The molecular weight excluding hydrogens is 606 g/mol. The monoisotopic (exact) mass is 653 g/mol. The van der Waals surface area contributed by atoms with Crippen molar-refractivity contribution in [2.75, 3.05) is 26.7 Å². The average Bonchev–Trinajstić information content (AvgIpc) is 3.04. The van der Waals surface area contributed by atoms with Crippen molar-refractivity contribution in [1.29, 1.82) is 0 Å². The van der Waals surface area contributed by atoms with E-state index in [1.807, 2.05) is 37.3 Å². The summed E-state index contributed by atoms with van der Waals surface area (Å²) in [5.41, 5.74) is 23.6. The van der Waals surface area contributed by atoms with Crippen molar-refractivity contribution in [2.24, 2.45) is 32.9 Å². The molecule has 0 aliphatic rings. The summed E-state index contributed by atoms with van der Waals surface area (Å²) in [6, 6.07) is 12.1. The fourth-order valence-electron chi connectivity index (χ4n) is 4.52. The Balaban J connectivity index is 2.30. The Hall–Kier alpha value is -5.34. The largest absolute Gasteiger partial charge is 0.508 e. The number of hydrogen-bond acceptors (Lipinski definition) is 8. The van der Waals surface area contributed by atoms with Crippen molar-refractivity contribution in [2.45, 2.75) is 63.6 Å². The molecule has 256 valence electrons. The number of amides is 3. The van der Waals surface area contributed by atoms with E-state index in [0.29, 0.717) is 25.0 Å². The van der Waals surface area contributed by atoms with Gasteiger partial charge in [-0.05, 0) is 42.5 Å². The number of guanidine groups is 2. The van der Waals surface area contributed by atoms with Crippen molar-refractivity contribution in [3.05, 3.63) is 65.7 Å². The lowest BCUT2D eigenvalue weighted by Gasteiger charge is -2.27. The highest BCUT2D eigenvalue weighted by Gasteiger charge is 2.30. The number of aliphatic imine (C=N–C) groups is 2. The third-order valence-electron chi connectivity index (χ3n) is 6.94. The molecule has 0 saturated heterocycles. The average molecular weight is 654 g/mol. The van der Waals surface area contributed by atoms with Crippen molar-refractivity contribution < 1.29 is 29.0 Å². The lowest BCUT2D eigenvalue weighted by molar-refractivity contribution is -0.145. The van der Waals surface area contributed by atoms with E-state index < -0.39 is 41.8 Å². The van der Waals surface area contributed by atoms with Gasteiger partial charge in [-0.25, -0.2) is 4.99 Å². The van der Waals surface area contributed by atoms with Crippen LogP contribution in [0.3, 0.4) is 0 Å². The molecular formula is C32H47N9O6. The Morgan fingerprint density at radius 1 is 0.872 bits per heavy atom. The zero-order chi connectivity index (χ0) is 34.8. The molecule has 0 aliphatic heterocycles. The number of likely N-dealkylation sites (N-methyl/N-ethyl adjacent to an activating group) is 1. The van der Waals surface area contributed by atoms with Gasteiger partial charge in [-0.15, -0.1) is 0 Å². The first-order valence-electron chi connectivity index (χ1n) is 15.4. The third kappa shape index (κ3) is 14.5. The van der Waals surface area contributed by atoms with Crippen LogP contribution in [0.1, 0.15) is 43.7 Å². The molecule has 3 amide bonds. The maximum Gasteiger partial charge on any atom is 0.307 e. The molecule has 2 aromatic rings. The second kappa shape index (κ2) is 19.9. The summed E-state index contributed by atoms with van der Waals surface area (Å²) < 4.78 is 5.11. The minimum atomic E-state index is -1.12. The van der Waals surface area contributed by atoms with Gasteiger partial charge in [0.05, 0.1) is 13.0 Å². The zero-order valence-corrected chi connectivity index (χ0v) is 26.9. The molecule has 2 rings (SSSR count). The lowest BCUT2D eigenvalue weighted by atomic mass is 10.0. The quantitative estimate of drug-likeness (QED) is 0.0449. The molecule has 15 nitrogen and oxygen atoms in total. The van der Waals surface area contributed by atoms with Gasteiger partial charge in [-0.3, -0.25) is 24.2 Å². The summed E-state index contributed by atoms with van der Waals surface area (Å²) in [6.07, 6.45) is 1.34. The summed E-state index contributed by atoms with van der Waals surface area (Å²) >= 11 is 0. The van der Waals surface area contributed by atoms with Gasteiger partial charge in [-0.2, -0.15) is 0 Å². The van der Waals surface area contributed by atoms with Crippen molar-refractivity contribution in [3.8, 4) is 5.75 Å². The number of phenolic OH excluding ortho intramolecular Hbond substituents is 1. The van der Waals surface area contributed by atoms with Gasteiger partial charge in [0.15, 0.2) is 11.9 Å². The number of nitrogens with zero attached hydrogens (tertiary/aromatic N) is 3. The Morgan fingerprint density at radius 3 is 2.13 bits per heavy atom. The van der Waals surface area contributed by atoms with Crippen LogP contribution in [0.5, 0.6) is 5.75 Å². The van der Waals surface area contributed by atoms with Gasteiger partial charge in [-0.1, -0.05) is 49.4 Å². The maximum atomic E-state index is 13.8. The van der Waals surface area contributed by atoms with Gasteiger partial charge in [0.1, 0.15) is 23.9 Å². The van der Waals surface area contributed by atoms with E-state index in [4.69, 9.17) is 27.7 Å². The zero-order valence-electron chi connectivity index (χ0n) is 26.9. The number of nitrogens with two attached hydrogens (primary N) is 4. The summed E-state index contributed by atoms with van der Waals surface area (Å²) in [5.74, 6) is -2.51. The van der Waals surface area contributed by atoms with E-state index in [2.05, 4.69) is 20.6 Å². The molecule has 0 heterocycles. The molecule has 0 fully saturated rings. The summed E-state index contributed by atoms with van der Waals surface area (Å²) in [7, 11) is 1.54. The van der Waals surface area contributed by atoms with Crippen molar-refractivity contribution in [3.63, 3.8) is 0 Å². The lowest BCUT2D eigenvalue weighted by Crippen LogP contribution is -2.56. The van der Waals surface area contributed by atoms with E-state index >= 15 is 0 Å². The van der Waals surface area contributed by atoms with Gasteiger partial charge in [0, 0.05) is 33.0 Å². The minimum Gasteiger partial charge on any atom is -0.508 e. The molecule has 0 spiro atoms. The molecule has 0 bridgehead atoms. The molecule has 47 heavy (non-hydrogen) atoms. The van der Waals surface area contributed by atoms with E-state index in [0.717, 1.165) is 5.56 Å². The second-order valence-corrected chi connectivity index (χ2v) is 10.9. The molecule has 0 aromatic heterocycles. The van der Waals surface area contributed by atoms with E-state index in [9.17, 15) is 24.3 Å². The van der Waals surface area contributed by atoms with Crippen LogP contribution in [-0.4, -0.2) is 90.5 Å². The number of esters is 1. The van der Waals surface area contributed by atoms with Crippen LogP contribution < -0.4 is 33.6 Å². The van der Waals surface area contributed by atoms with Crippen LogP contribution in [0.2, 0.25) is 0 Å². The number of carbonyl (C=O) groups is 4. The SMILES string of the molecule is CCCOC(=O)CCN(C)C(=O)[C@H](Cc1ccccc1)NC(=O)[C@@H](CCCN=C(N)N)NC(=O)[C@H](Cc1ccc(O)cc1)N=C(N)N. The van der Waals surface area contributed by atoms with E-state index in [1.54, 1.807) is 12.1 Å². The van der Waals surface area contributed by atoms with Crippen molar-refractivity contribution >= 4 is 35.6 Å². The van der Waals surface area contributed by atoms with Crippen LogP contribution in [0, 0.1) is 0 Å².